The van der Waals surface area contributed by atoms with Crippen molar-refractivity contribution in [3.8, 4) is 0 Å². The molecule has 3 N–H and O–H groups in total. The van der Waals surface area contributed by atoms with Crippen LogP contribution in [-0.4, -0.2) is 33.3 Å². The van der Waals surface area contributed by atoms with E-state index < -0.39 is 6.04 Å². The molecule has 1 amide bonds. The summed E-state index contributed by atoms with van der Waals surface area (Å²) in [6, 6.07) is -0.416. The highest BCUT2D eigenvalue weighted by Gasteiger charge is 2.16. The number of nitrogens with one attached hydrogen (secondary N) is 1. The van der Waals surface area contributed by atoms with Crippen LogP contribution in [0.4, 0.5) is 0 Å². The molecule has 0 aromatic carbocycles. The predicted molar refractivity (Wildman–Crippen MR) is 81.7 cm³/mol. The molecular weight excluding hydrogens is 266 g/mol. The molecule has 0 spiro atoms. The maximum Gasteiger partial charge on any atom is 0.236 e. The Morgan fingerprint density at radius 2 is 2.14 bits per heavy atom. The summed E-state index contributed by atoms with van der Waals surface area (Å²) < 4.78 is 2.22. The number of hydrogen-bond donors (Lipinski definition) is 2. The van der Waals surface area contributed by atoms with E-state index in [1.807, 2.05) is 0 Å². The molecule has 0 bridgehead atoms. The van der Waals surface area contributed by atoms with Gasteiger partial charge in [0.05, 0.1) is 6.04 Å². The van der Waals surface area contributed by atoms with Crippen LogP contribution in [0.1, 0.15) is 51.2 Å². The molecule has 0 saturated heterocycles. The summed E-state index contributed by atoms with van der Waals surface area (Å²) in [7, 11) is 0. The molecule has 2 rings (SSSR count). The van der Waals surface area contributed by atoms with Gasteiger partial charge in [0, 0.05) is 25.9 Å². The van der Waals surface area contributed by atoms with Crippen molar-refractivity contribution in [2.24, 2.45) is 11.7 Å². The maximum atomic E-state index is 11.9. The molecular formula is C15H27N5O. The van der Waals surface area contributed by atoms with Crippen LogP contribution in [0.25, 0.3) is 0 Å². The van der Waals surface area contributed by atoms with Gasteiger partial charge >= 0.3 is 0 Å². The van der Waals surface area contributed by atoms with Crippen LogP contribution < -0.4 is 11.1 Å². The SMILES string of the molecule is CC(C)C[C@H](N)C(=O)NCCc1nnc2n1CCCCC2. The Balaban J connectivity index is 1.81. The minimum absolute atomic E-state index is 0.0701. The number of nitrogens with zero attached hydrogens (tertiary/aromatic N) is 3. The first-order valence-electron chi connectivity index (χ1n) is 8.02. The molecule has 6 heteroatoms. The Hall–Kier alpha value is -1.43. The number of carbonyl (C=O) groups excluding carboxylic acids is 1. The van der Waals surface area contributed by atoms with Crippen molar-refractivity contribution in [1.29, 1.82) is 0 Å². The zero-order valence-electron chi connectivity index (χ0n) is 13.1. The standard InChI is InChI=1S/C15H27N5O/c1-11(2)10-12(16)15(21)17-8-7-14-19-18-13-6-4-3-5-9-20(13)14/h11-12H,3-10,16H2,1-2H3,(H,17,21)/t12-/m0/s1. The van der Waals surface area contributed by atoms with Crippen molar-refractivity contribution >= 4 is 5.91 Å². The van der Waals surface area contributed by atoms with Gasteiger partial charge in [0.1, 0.15) is 11.6 Å². The molecule has 6 nitrogen and oxygen atoms in total. The molecule has 0 radical (unpaired) electrons. The van der Waals surface area contributed by atoms with E-state index in [4.69, 9.17) is 5.73 Å². The fourth-order valence-electron chi connectivity index (χ4n) is 2.77. The molecule has 0 fully saturated rings. The number of aryl methyl sites for hydroxylation is 1. The first-order chi connectivity index (χ1) is 10.1. The van der Waals surface area contributed by atoms with Gasteiger partial charge in [-0.1, -0.05) is 20.3 Å². The van der Waals surface area contributed by atoms with E-state index in [0.29, 0.717) is 25.3 Å². The summed E-state index contributed by atoms with van der Waals surface area (Å²) in [6.45, 7) is 5.71. The minimum atomic E-state index is -0.416. The van der Waals surface area contributed by atoms with Gasteiger partial charge in [-0.05, 0) is 25.2 Å². The number of carbonyl (C=O) groups is 1. The van der Waals surface area contributed by atoms with Gasteiger partial charge in [-0.3, -0.25) is 4.79 Å². The topological polar surface area (TPSA) is 85.8 Å². The van der Waals surface area contributed by atoms with Crippen LogP contribution in [0.15, 0.2) is 0 Å². The van der Waals surface area contributed by atoms with Crippen LogP contribution >= 0.6 is 0 Å². The lowest BCUT2D eigenvalue weighted by Crippen LogP contribution is -2.42. The molecule has 2 heterocycles. The number of nitrogens with two attached hydrogens (primary N) is 1. The number of hydrogen-bond acceptors (Lipinski definition) is 4. The minimum Gasteiger partial charge on any atom is -0.354 e. The highest BCUT2D eigenvalue weighted by Crippen LogP contribution is 2.14. The Morgan fingerprint density at radius 3 is 2.90 bits per heavy atom. The van der Waals surface area contributed by atoms with E-state index in [9.17, 15) is 4.79 Å². The summed E-state index contributed by atoms with van der Waals surface area (Å²) in [5.74, 6) is 2.42. The van der Waals surface area contributed by atoms with Crippen LogP contribution in [0, 0.1) is 5.92 Å². The van der Waals surface area contributed by atoms with Gasteiger partial charge in [0.15, 0.2) is 0 Å². The number of amides is 1. The predicted octanol–water partition coefficient (Wildman–Crippen LogP) is 1.04. The van der Waals surface area contributed by atoms with E-state index in [0.717, 1.165) is 24.6 Å². The number of aromatic nitrogens is 3. The van der Waals surface area contributed by atoms with Gasteiger partial charge in [0.2, 0.25) is 5.91 Å². The van der Waals surface area contributed by atoms with Crippen molar-refractivity contribution in [1.82, 2.24) is 20.1 Å². The van der Waals surface area contributed by atoms with Gasteiger partial charge < -0.3 is 15.6 Å². The molecule has 118 valence electrons. The van der Waals surface area contributed by atoms with E-state index >= 15 is 0 Å². The molecule has 0 saturated carbocycles. The van der Waals surface area contributed by atoms with Crippen molar-refractivity contribution in [3.05, 3.63) is 11.6 Å². The molecule has 0 aliphatic carbocycles. The van der Waals surface area contributed by atoms with Gasteiger partial charge in [-0.15, -0.1) is 10.2 Å². The number of rotatable bonds is 6. The fraction of sp³-hybridized carbons (Fsp3) is 0.800. The van der Waals surface area contributed by atoms with E-state index in [2.05, 4.69) is 33.9 Å². The third-order valence-corrected chi connectivity index (χ3v) is 3.90. The Bertz CT molecular complexity index is 469. The third kappa shape index (κ3) is 4.52. The lowest BCUT2D eigenvalue weighted by Gasteiger charge is -2.14. The quantitative estimate of drug-likeness (QED) is 0.820. The highest BCUT2D eigenvalue weighted by molar-refractivity contribution is 5.81. The van der Waals surface area contributed by atoms with Crippen molar-refractivity contribution < 1.29 is 4.79 Å². The maximum absolute atomic E-state index is 11.9. The molecule has 1 aromatic rings. The van der Waals surface area contributed by atoms with Crippen LogP contribution in [0.5, 0.6) is 0 Å². The first kappa shape index (κ1) is 15.9. The average Bonchev–Trinajstić information content (AvgIpc) is 2.67. The van der Waals surface area contributed by atoms with Crippen LogP contribution in [0.2, 0.25) is 0 Å². The lowest BCUT2D eigenvalue weighted by atomic mass is 10.0. The van der Waals surface area contributed by atoms with E-state index in [-0.39, 0.29) is 5.91 Å². The van der Waals surface area contributed by atoms with Gasteiger partial charge in [0.25, 0.3) is 0 Å². The second-order valence-corrected chi connectivity index (χ2v) is 6.27. The molecule has 1 aliphatic rings. The zero-order chi connectivity index (χ0) is 15.2. The second-order valence-electron chi connectivity index (χ2n) is 6.27. The van der Waals surface area contributed by atoms with Crippen LogP contribution in [-0.2, 0) is 24.2 Å². The van der Waals surface area contributed by atoms with Crippen molar-refractivity contribution in [3.63, 3.8) is 0 Å². The summed E-state index contributed by atoms with van der Waals surface area (Å²) in [5, 5.41) is 11.4. The molecule has 1 aliphatic heterocycles. The Labute approximate surface area is 126 Å². The van der Waals surface area contributed by atoms with Crippen molar-refractivity contribution in [2.45, 2.75) is 65.0 Å². The Kier molecular flexibility index (Phi) is 5.73. The monoisotopic (exact) mass is 293 g/mol. The smallest absolute Gasteiger partial charge is 0.236 e. The van der Waals surface area contributed by atoms with E-state index in [1.54, 1.807) is 0 Å². The highest BCUT2D eigenvalue weighted by atomic mass is 16.2. The summed E-state index contributed by atoms with van der Waals surface area (Å²) in [6.07, 6.45) is 6.07. The first-order valence-corrected chi connectivity index (χ1v) is 8.02. The molecule has 1 atom stereocenters. The molecule has 21 heavy (non-hydrogen) atoms. The second kappa shape index (κ2) is 7.54. The third-order valence-electron chi connectivity index (χ3n) is 3.90. The van der Waals surface area contributed by atoms with Gasteiger partial charge in [-0.2, -0.15) is 0 Å². The number of fused-ring (bicyclic) bond motifs is 1. The molecule has 0 unspecified atom stereocenters. The largest absolute Gasteiger partial charge is 0.354 e. The van der Waals surface area contributed by atoms with Gasteiger partial charge in [-0.25, -0.2) is 0 Å². The zero-order valence-corrected chi connectivity index (χ0v) is 13.1. The normalized spacial score (nSPS) is 16.4. The van der Waals surface area contributed by atoms with E-state index in [1.165, 1.54) is 19.3 Å². The lowest BCUT2D eigenvalue weighted by molar-refractivity contribution is -0.122. The fourth-order valence-corrected chi connectivity index (χ4v) is 2.77. The molecule has 1 aromatic heterocycles. The average molecular weight is 293 g/mol. The Morgan fingerprint density at radius 1 is 1.33 bits per heavy atom. The summed E-state index contributed by atoms with van der Waals surface area (Å²) in [4.78, 5) is 11.9. The van der Waals surface area contributed by atoms with Crippen molar-refractivity contribution in [2.75, 3.05) is 6.54 Å². The summed E-state index contributed by atoms with van der Waals surface area (Å²) >= 11 is 0. The summed E-state index contributed by atoms with van der Waals surface area (Å²) in [5.41, 5.74) is 5.86. The van der Waals surface area contributed by atoms with Crippen LogP contribution in [0.3, 0.4) is 0 Å².